The number of pyridine rings is 1. The molecule has 0 aliphatic carbocycles. The zero-order valence-electron chi connectivity index (χ0n) is 7.66. The van der Waals surface area contributed by atoms with Crippen molar-refractivity contribution in [1.82, 2.24) is 14.8 Å². The van der Waals surface area contributed by atoms with Gasteiger partial charge in [0.1, 0.15) is 10.2 Å². The van der Waals surface area contributed by atoms with Gasteiger partial charge in [-0.1, -0.05) is 0 Å². The summed E-state index contributed by atoms with van der Waals surface area (Å²) in [6.45, 7) is 0. The summed E-state index contributed by atoms with van der Waals surface area (Å²) in [5.41, 5.74) is -0.846. The predicted octanol–water partition coefficient (Wildman–Crippen LogP) is 2.85. The summed E-state index contributed by atoms with van der Waals surface area (Å²) < 4.78 is 39.2. The van der Waals surface area contributed by atoms with Crippen molar-refractivity contribution in [3.8, 4) is 5.82 Å². The number of aromatic nitrogens is 3. The van der Waals surface area contributed by atoms with Crippen LogP contribution in [0.25, 0.3) is 5.82 Å². The van der Waals surface area contributed by atoms with Gasteiger partial charge in [-0.15, -0.1) is 0 Å². The lowest BCUT2D eigenvalue weighted by molar-refractivity contribution is -0.137. The largest absolute Gasteiger partial charge is 0.420 e. The van der Waals surface area contributed by atoms with E-state index in [1.807, 2.05) is 0 Å². The predicted molar refractivity (Wildman–Crippen MR) is 52.9 cm³/mol. The van der Waals surface area contributed by atoms with E-state index in [-0.39, 0.29) is 5.82 Å². The number of alkyl halides is 3. The lowest BCUT2D eigenvalue weighted by atomic mass is 10.2. The first-order valence-electron chi connectivity index (χ1n) is 4.14. The Hall–Kier alpha value is -1.37. The zero-order valence-corrected chi connectivity index (χ0v) is 9.25. The third-order valence-corrected chi connectivity index (χ3v) is 2.18. The number of hydrogen-bond acceptors (Lipinski definition) is 2. The average Bonchev–Trinajstić information content (AvgIpc) is 2.64. The van der Waals surface area contributed by atoms with E-state index in [2.05, 4.69) is 32.2 Å². The molecule has 83 valence electrons. The Labute approximate surface area is 97.0 Å². The van der Waals surface area contributed by atoms with E-state index in [0.717, 1.165) is 10.7 Å². The Morgan fingerprint density at radius 3 is 2.69 bits per heavy atom. The second-order valence-electron chi connectivity index (χ2n) is 2.88. The number of nitrogens with zero attached hydrogens (tertiary/aromatic N) is 3. The van der Waals surface area contributed by atoms with E-state index in [9.17, 15) is 13.2 Å². The molecule has 0 fully saturated rings. The molecule has 3 nitrogen and oxygen atoms in total. The molecule has 16 heavy (non-hydrogen) atoms. The van der Waals surface area contributed by atoms with Crippen LogP contribution in [-0.4, -0.2) is 14.8 Å². The summed E-state index contributed by atoms with van der Waals surface area (Å²) in [5, 5.41) is 3.77. The molecule has 0 aliphatic rings. The number of rotatable bonds is 1. The molecule has 0 saturated carbocycles. The molecule has 2 rings (SSSR count). The average molecular weight is 291 g/mol. The summed E-state index contributed by atoms with van der Waals surface area (Å²) >= 11 is 3.03. The normalized spacial score (nSPS) is 11.8. The highest BCUT2D eigenvalue weighted by Gasteiger charge is 2.34. The maximum Gasteiger partial charge on any atom is 0.420 e. The van der Waals surface area contributed by atoms with Crippen molar-refractivity contribution in [2.75, 3.05) is 0 Å². The van der Waals surface area contributed by atoms with E-state index in [1.54, 1.807) is 0 Å². The molecular formula is C9H4BrF3N3. The second-order valence-corrected chi connectivity index (χ2v) is 3.69. The van der Waals surface area contributed by atoms with Crippen molar-refractivity contribution in [2.24, 2.45) is 0 Å². The van der Waals surface area contributed by atoms with Gasteiger partial charge in [-0.25, -0.2) is 9.67 Å². The minimum atomic E-state index is -4.46. The van der Waals surface area contributed by atoms with Crippen molar-refractivity contribution in [3.05, 3.63) is 40.8 Å². The fraction of sp³-hybridized carbons (Fsp3) is 0.111. The van der Waals surface area contributed by atoms with Gasteiger partial charge in [0, 0.05) is 12.3 Å². The molecule has 2 aromatic heterocycles. The van der Waals surface area contributed by atoms with Crippen LogP contribution < -0.4 is 0 Å². The van der Waals surface area contributed by atoms with Gasteiger partial charge in [-0.05, 0) is 28.1 Å². The highest BCUT2D eigenvalue weighted by molar-refractivity contribution is 9.10. The van der Waals surface area contributed by atoms with Gasteiger partial charge in [-0.3, -0.25) is 0 Å². The molecule has 7 heteroatoms. The molecular weight excluding hydrogens is 287 g/mol. The van der Waals surface area contributed by atoms with Crippen LogP contribution in [0, 0.1) is 6.20 Å². The van der Waals surface area contributed by atoms with Gasteiger partial charge >= 0.3 is 6.18 Å². The highest BCUT2D eigenvalue weighted by atomic mass is 79.9. The monoisotopic (exact) mass is 290 g/mol. The molecule has 0 saturated heterocycles. The third kappa shape index (κ3) is 2.08. The van der Waals surface area contributed by atoms with Crippen LogP contribution in [0.4, 0.5) is 13.2 Å². The SMILES string of the molecule is FC(F)(F)c1cccnc1-n1[c]cc(Br)n1. The molecule has 0 aromatic carbocycles. The summed E-state index contributed by atoms with van der Waals surface area (Å²) in [6.07, 6.45) is -0.660. The van der Waals surface area contributed by atoms with Gasteiger partial charge in [-0.2, -0.15) is 18.3 Å². The van der Waals surface area contributed by atoms with Crippen LogP contribution in [0.3, 0.4) is 0 Å². The molecule has 0 unspecified atom stereocenters. The van der Waals surface area contributed by atoms with Crippen LogP contribution in [0.15, 0.2) is 29.0 Å². The van der Waals surface area contributed by atoms with Crippen molar-refractivity contribution in [3.63, 3.8) is 0 Å². The summed E-state index contributed by atoms with van der Waals surface area (Å²) in [4.78, 5) is 3.66. The van der Waals surface area contributed by atoms with E-state index in [0.29, 0.717) is 4.60 Å². The summed E-state index contributed by atoms with van der Waals surface area (Å²) in [7, 11) is 0. The highest BCUT2D eigenvalue weighted by Crippen LogP contribution is 2.32. The Balaban J connectivity index is 2.57. The minimum absolute atomic E-state index is 0.291. The lowest BCUT2D eigenvalue weighted by Gasteiger charge is -2.10. The summed E-state index contributed by atoms with van der Waals surface area (Å²) in [5.74, 6) is -0.291. The molecule has 0 atom stereocenters. The third-order valence-electron chi connectivity index (χ3n) is 1.79. The van der Waals surface area contributed by atoms with Crippen LogP contribution in [-0.2, 0) is 6.18 Å². The lowest BCUT2D eigenvalue weighted by Crippen LogP contribution is -2.12. The Bertz CT molecular complexity index is 507. The number of halogens is 4. The van der Waals surface area contributed by atoms with E-state index < -0.39 is 11.7 Å². The van der Waals surface area contributed by atoms with E-state index in [4.69, 9.17) is 0 Å². The first kappa shape index (κ1) is 11.1. The van der Waals surface area contributed by atoms with Gasteiger partial charge in [0.05, 0.1) is 6.20 Å². The molecule has 0 amide bonds. The van der Waals surface area contributed by atoms with Crippen molar-refractivity contribution in [1.29, 1.82) is 0 Å². The Morgan fingerprint density at radius 1 is 1.38 bits per heavy atom. The fourth-order valence-electron chi connectivity index (χ4n) is 1.16. The van der Waals surface area contributed by atoms with Crippen molar-refractivity contribution < 1.29 is 13.2 Å². The Kier molecular flexibility index (Phi) is 2.71. The molecule has 2 heterocycles. The molecule has 0 spiro atoms. The van der Waals surface area contributed by atoms with Crippen molar-refractivity contribution in [2.45, 2.75) is 6.18 Å². The van der Waals surface area contributed by atoms with Crippen LogP contribution in [0.5, 0.6) is 0 Å². The van der Waals surface area contributed by atoms with Gasteiger partial charge in [0.15, 0.2) is 5.82 Å². The van der Waals surface area contributed by atoms with Gasteiger partial charge < -0.3 is 0 Å². The molecule has 0 aliphatic heterocycles. The molecule has 2 aromatic rings. The zero-order chi connectivity index (χ0) is 11.8. The summed E-state index contributed by atoms with van der Waals surface area (Å²) in [6, 6.07) is 3.59. The maximum atomic E-state index is 12.6. The second kappa shape index (κ2) is 3.89. The maximum absolute atomic E-state index is 12.6. The van der Waals surface area contributed by atoms with Crippen LogP contribution in [0.1, 0.15) is 5.56 Å². The Morgan fingerprint density at radius 2 is 2.12 bits per heavy atom. The molecule has 1 radical (unpaired) electrons. The minimum Gasteiger partial charge on any atom is -0.237 e. The standard InChI is InChI=1S/C9H4BrF3N3/c10-7-3-5-16(15-7)8-6(9(11,12)13)2-1-4-14-8/h1-4H. The molecule has 0 bridgehead atoms. The van der Waals surface area contributed by atoms with Gasteiger partial charge in [0.2, 0.25) is 0 Å². The topological polar surface area (TPSA) is 30.7 Å². The van der Waals surface area contributed by atoms with E-state index >= 15 is 0 Å². The van der Waals surface area contributed by atoms with Crippen molar-refractivity contribution >= 4 is 15.9 Å². The van der Waals surface area contributed by atoms with Gasteiger partial charge in [0.25, 0.3) is 0 Å². The number of hydrogen-bond donors (Lipinski definition) is 0. The van der Waals surface area contributed by atoms with E-state index in [1.165, 1.54) is 18.3 Å². The van der Waals surface area contributed by atoms with Crippen LogP contribution in [0.2, 0.25) is 0 Å². The first-order chi connectivity index (χ1) is 7.48. The molecule has 0 N–H and O–H groups in total. The smallest absolute Gasteiger partial charge is 0.237 e. The fourth-order valence-corrected chi connectivity index (χ4v) is 1.42. The van der Waals surface area contributed by atoms with Crippen LogP contribution >= 0.6 is 15.9 Å². The quantitative estimate of drug-likeness (QED) is 0.809. The first-order valence-corrected chi connectivity index (χ1v) is 4.93.